The van der Waals surface area contributed by atoms with E-state index in [9.17, 15) is 14.9 Å². The first-order valence-corrected chi connectivity index (χ1v) is 6.33. The third-order valence-corrected chi connectivity index (χ3v) is 2.98. The summed E-state index contributed by atoms with van der Waals surface area (Å²) in [6, 6.07) is 11.0. The Hall–Kier alpha value is -3.09. The zero-order valence-corrected chi connectivity index (χ0v) is 12.0. The molecule has 0 aromatic heterocycles. The second kappa shape index (κ2) is 6.57. The van der Waals surface area contributed by atoms with Gasteiger partial charge in [0.2, 0.25) is 0 Å². The Balaban J connectivity index is 2.33. The topological polar surface area (TPSA) is 90.7 Å². The molecule has 0 fully saturated rings. The number of benzene rings is 2. The Morgan fingerprint density at radius 3 is 2.36 bits per heavy atom. The van der Waals surface area contributed by atoms with Gasteiger partial charge in [0.25, 0.3) is 5.69 Å². The number of nitro benzene ring substituents is 1. The van der Waals surface area contributed by atoms with Crippen LogP contribution in [0, 0.1) is 10.1 Å². The zero-order chi connectivity index (χ0) is 16.1. The number of methoxy groups -OCH3 is 2. The van der Waals surface area contributed by atoms with Crippen LogP contribution in [0.5, 0.6) is 5.75 Å². The number of nitrogens with zero attached hydrogens (tertiary/aromatic N) is 1. The quantitative estimate of drug-likeness (QED) is 0.518. The number of anilines is 2. The van der Waals surface area contributed by atoms with Crippen molar-refractivity contribution in [2.75, 3.05) is 19.5 Å². The van der Waals surface area contributed by atoms with Gasteiger partial charge in [0.1, 0.15) is 11.4 Å². The molecule has 0 atom stereocenters. The van der Waals surface area contributed by atoms with E-state index >= 15 is 0 Å². The van der Waals surface area contributed by atoms with E-state index in [1.807, 2.05) is 0 Å². The Kier molecular flexibility index (Phi) is 4.57. The maximum Gasteiger partial charge on any atom is 0.338 e. The van der Waals surface area contributed by atoms with Gasteiger partial charge in [0.05, 0.1) is 24.7 Å². The lowest BCUT2D eigenvalue weighted by Crippen LogP contribution is -2.04. The number of nitro groups is 1. The number of esters is 1. The molecule has 0 heterocycles. The number of carbonyl (C=O) groups is 1. The van der Waals surface area contributed by atoms with E-state index in [4.69, 9.17) is 4.74 Å². The largest absolute Gasteiger partial charge is 0.497 e. The predicted octanol–water partition coefficient (Wildman–Crippen LogP) is 3.13. The fourth-order valence-corrected chi connectivity index (χ4v) is 1.86. The molecule has 0 aliphatic rings. The molecule has 22 heavy (non-hydrogen) atoms. The van der Waals surface area contributed by atoms with Crippen LogP contribution in [0.25, 0.3) is 0 Å². The van der Waals surface area contributed by atoms with Gasteiger partial charge in [0.15, 0.2) is 0 Å². The molecule has 1 N–H and O–H groups in total. The summed E-state index contributed by atoms with van der Waals surface area (Å²) in [5.74, 6) is 0.0557. The smallest absolute Gasteiger partial charge is 0.338 e. The van der Waals surface area contributed by atoms with Gasteiger partial charge >= 0.3 is 5.97 Å². The molecule has 2 aromatic carbocycles. The van der Waals surface area contributed by atoms with Crippen molar-refractivity contribution in [3.8, 4) is 5.75 Å². The molecule has 7 nitrogen and oxygen atoms in total. The number of hydrogen-bond acceptors (Lipinski definition) is 6. The van der Waals surface area contributed by atoms with Crippen molar-refractivity contribution in [1.82, 2.24) is 0 Å². The van der Waals surface area contributed by atoms with Gasteiger partial charge in [-0.1, -0.05) is 0 Å². The summed E-state index contributed by atoms with van der Waals surface area (Å²) in [4.78, 5) is 22.1. The average Bonchev–Trinajstić information content (AvgIpc) is 2.55. The second-order valence-corrected chi connectivity index (χ2v) is 4.33. The molecule has 2 aromatic rings. The minimum Gasteiger partial charge on any atom is -0.497 e. The Bertz CT molecular complexity index is 698. The third-order valence-electron chi connectivity index (χ3n) is 2.98. The lowest BCUT2D eigenvalue weighted by atomic mass is 10.1. The fraction of sp³-hybridized carbons (Fsp3) is 0.133. The summed E-state index contributed by atoms with van der Waals surface area (Å²) in [6.45, 7) is 0. The van der Waals surface area contributed by atoms with Gasteiger partial charge in [-0.2, -0.15) is 0 Å². The molecule has 0 bridgehead atoms. The van der Waals surface area contributed by atoms with Crippen molar-refractivity contribution in [2.24, 2.45) is 0 Å². The highest BCUT2D eigenvalue weighted by Crippen LogP contribution is 2.29. The fourth-order valence-electron chi connectivity index (χ4n) is 1.86. The van der Waals surface area contributed by atoms with Crippen molar-refractivity contribution >= 4 is 23.0 Å². The van der Waals surface area contributed by atoms with Crippen molar-refractivity contribution in [2.45, 2.75) is 0 Å². The van der Waals surface area contributed by atoms with Crippen molar-refractivity contribution in [3.63, 3.8) is 0 Å². The molecule has 0 amide bonds. The molecule has 0 aliphatic heterocycles. The molecule has 0 saturated carbocycles. The lowest BCUT2D eigenvalue weighted by Gasteiger charge is -2.09. The van der Waals surface area contributed by atoms with Crippen LogP contribution >= 0.6 is 0 Å². The highest BCUT2D eigenvalue weighted by atomic mass is 16.6. The van der Waals surface area contributed by atoms with Crippen LogP contribution in [0.3, 0.4) is 0 Å². The first kappa shape index (κ1) is 15.3. The molecule has 0 saturated heterocycles. The van der Waals surface area contributed by atoms with E-state index in [1.54, 1.807) is 31.4 Å². The third kappa shape index (κ3) is 3.32. The van der Waals surface area contributed by atoms with Gasteiger partial charge < -0.3 is 14.8 Å². The van der Waals surface area contributed by atoms with Gasteiger partial charge in [0, 0.05) is 11.8 Å². The molecule has 0 unspecified atom stereocenters. The predicted molar refractivity (Wildman–Crippen MR) is 80.7 cm³/mol. The standard InChI is InChI=1S/C15H14N2O5/c1-21-12-6-4-11(5-7-12)16-13-8-3-10(15(18)22-2)9-14(13)17(19)20/h3-9,16H,1-2H3. The van der Waals surface area contributed by atoms with E-state index in [0.717, 1.165) is 0 Å². The Morgan fingerprint density at radius 2 is 1.82 bits per heavy atom. The van der Waals surface area contributed by atoms with Crippen LogP contribution in [-0.2, 0) is 4.74 Å². The lowest BCUT2D eigenvalue weighted by molar-refractivity contribution is -0.383. The van der Waals surface area contributed by atoms with Gasteiger partial charge in [-0.25, -0.2) is 4.79 Å². The zero-order valence-electron chi connectivity index (χ0n) is 12.0. The minimum atomic E-state index is -0.626. The summed E-state index contributed by atoms with van der Waals surface area (Å²) >= 11 is 0. The van der Waals surface area contributed by atoms with E-state index in [1.165, 1.54) is 25.3 Å². The number of ether oxygens (including phenoxy) is 2. The van der Waals surface area contributed by atoms with Crippen LogP contribution in [0.1, 0.15) is 10.4 Å². The molecular formula is C15H14N2O5. The SMILES string of the molecule is COC(=O)c1ccc(Nc2ccc(OC)cc2)c([N+](=O)[O-])c1. The summed E-state index contributed by atoms with van der Waals surface area (Å²) in [6.07, 6.45) is 0. The van der Waals surface area contributed by atoms with E-state index in [0.29, 0.717) is 11.4 Å². The number of carbonyl (C=O) groups excluding carboxylic acids is 1. The molecule has 0 spiro atoms. The number of hydrogen-bond donors (Lipinski definition) is 1. The Morgan fingerprint density at radius 1 is 1.14 bits per heavy atom. The van der Waals surface area contributed by atoms with Crippen LogP contribution < -0.4 is 10.1 Å². The molecule has 0 radical (unpaired) electrons. The van der Waals surface area contributed by atoms with Crippen LogP contribution in [0.2, 0.25) is 0 Å². The second-order valence-electron chi connectivity index (χ2n) is 4.33. The van der Waals surface area contributed by atoms with E-state index in [2.05, 4.69) is 10.1 Å². The number of rotatable bonds is 5. The first-order valence-electron chi connectivity index (χ1n) is 6.33. The van der Waals surface area contributed by atoms with Crippen molar-refractivity contribution in [1.29, 1.82) is 0 Å². The van der Waals surface area contributed by atoms with Gasteiger partial charge in [-0.05, 0) is 36.4 Å². The Labute approximate surface area is 126 Å². The molecule has 114 valence electrons. The highest BCUT2D eigenvalue weighted by molar-refractivity contribution is 5.91. The average molecular weight is 302 g/mol. The summed E-state index contributed by atoms with van der Waals surface area (Å²) in [5.41, 5.74) is 0.853. The number of nitrogens with one attached hydrogen (secondary N) is 1. The normalized spacial score (nSPS) is 9.91. The first-order chi connectivity index (χ1) is 10.5. The van der Waals surface area contributed by atoms with Gasteiger partial charge in [-0.15, -0.1) is 0 Å². The maximum atomic E-state index is 11.4. The molecule has 0 aliphatic carbocycles. The highest BCUT2D eigenvalue weighted by Gasteiger charge is 2.18. The van der Waals surface area contributed by atoms with Gasteiger partial charge in [-0.3, -0.25) is 10.1 Å². The van der Waals surface area contributed by atoms with Crippen LogP contribution in [0.15, 0.2) is 42.5 Å². The summed E-state index contributed by atoms with van der Waals surface area (Å²) < 4.78 is 9.61. The van der Waals surface area contributed by atoms with Crippen molar-refractivity contribution < 1.29 is 19.2 Å². The molecule has 7 heteroatoms. The minimum absolute atomic E-state index is 0.120. The maximum absolute atomic E-state index is 11.4. The molecule has 2 rings (SSSR count). The monoisotopic (exact) mass is 302 g/mol. The summed E-state index contributed by atoms with van der Waals surface area (Å²) in [5, 5.41) is 14.1. The summed E-state index contributed by atoms with van der Waals surface area (Å²) in [7, 11) is 2.77. The van der Waals surface area contributed by atoms with Crippen LogP contribution in [-0.4, -0.2) is 25.1 Å². The van der Waals surface area contributed by atoms with Crippen LogP contribution in [0.4, 0.5) is 17.1 Å². The molecular weight excluding hydrogens is 288 g/mol. The van der Waals surface area contributed by atoms with Crippen molar-refractivity contribution in [3.05, 3.63) is 58.1 Å². The van der Waals surface area contributed by atoms with E-state index in [-0.39, 0.29) is 16.9 Å². The van der Waals surface area contributed by atoms with E-state index < -0.39 is 10.9 Å².